The normalized spacial score (nSPS) is 24.9. The SMILES string of the molecule is CCCCCC(O)/C=C/[C@@H]1O[C@H]([C@H](O)C/C=C\CCCCCC(=O)O)C[C@@H]1O. The van der Waals surface area contributed by atoms with E-state index in [4.69, 9.17) is 9.84 Å². The van der Waals surface area contributed by atoms with E-state index in [0.29, 0.717) is 25.7 Å². The lowest BCUT2D eigenvalue weighted by molar-refractivity contribution is -0.137. The summed E-state index contributed by atoms with van der Waals surface area (Å²) in [6.45, 7) is 2.12. The van der Waals surface area contributed by atoms with E-state index in [-0.39, 0.29) is 6.42 Å². The van der Waals surface area contributed by atoms with Crippen molar-refractivity contribution in [2.24, 2.45) is 0 Å². The van der Waals surface area contributed by atoms with Crippen LogP contribution in [0.15, 0.2) is 24.3 Å². The lowest BCUT2D eigenvalue weighted by atomic mass is 10.0. The van der Waals surface area contributed by atoms with E-state index in [0.717, 1.165) is 38.5 Å². The van der Waals surface area contributed by atoms with Gasteiger partial charge in [0, 0.05) is 12.8 Å². The fourth-order valence-electron chi connectivity index (χ4n) is 3.30. The molecule has 6 nitrogen and oxygen atoms in total. The van der Waals surface area contributed by atoms with Gasteiger partial charge in [-0.05, 0) is 32.1 Å². The van der Waals surface area contributed by atoms with Crippen LogP contribution in [0.5, 0.6) is 0 Å². The Balaban J connectivity index is 2.23. The quantitative estimate of drug-likeness (QED) is 0.249. The molecule has 0 amide bonds. The van der Waals surface area contributed by atoms with Crippen molar-refractivity contribution in [2.75, 3.05) is 0 Å². The van der Waals surface area contributed by atoms with Crippen molar-refractivity contribution >= 4 is 5.97 Å². The molecule has 0 aromatic carbocycles. The monoisotopic (exact) mass is 398 g/mol. The van der Waals surface area contributed by atoms with Crippen molar-refractivity contribution in [2.45, 2.75) is 108 Å². The van der Waals surface area contributed by atoms with Crippen LogP contribution in [0.25, 0.3) is 0 Å². The second-order valence-electron chi connectivity index (χ2n) is 7.66. The van der Waals surface area contributed by atoms with Crippen molar-refractivity contribution in [3.63, 3.8) is 0 Å². The van der Waals surface area contributed by atoms with Crippen molar-refractivity contribution in [3.8, 4) is 0 Å². The molecule has 28 heavy (non-hydrogen) atoms. The number of aliphatic hydroxyl groups is 3. The molecular weight excluding hydrogens is 360 g/mol. The molecule has 1 aliphatic rings. The molecule has 0 saturated carbocycles. The third-order valence-electron chi connectivity index (χ3n) is 5.05. The van der Waals surface area contributed by atoms with Crippen LogP contribution in [0.3, 0.4) is 0 Å². The molecule has 0 aromatic rings. The molecule has 1 saturated heterocycles. The Bertz CT molecular complexity index is 476. The average Bonchev–Trinajstić information content (AvgIpc) is 3.03. The summed E-state index contributed by atoms with van der Waals surface area (Å²) in [6, 6.07) is 0. The van der Waals surface area contributed by atoms with Gasteiger partial charge in [0.25, 0.3) is 0 Å². The Morgan fingerprint density at radius 1 is 1.14 bits per heavy atom. The van der Waals surface area contributed by atoms with Crippen molar-refractivity contribution in [1.82, 2.24) is 0 Å². The van der Waals surface area contributed by atoms with Crippen LogP contribution in [-0.4, -0.2) is 56.9 Å². The Hall–Kier alpha value is -1.21. The molecule has 0 aliphatic carbocycles. The molecule has 4 N–H and O–H groups in total. The topological polar surface area (TPSA) is 107 Å². The van der Waals surface area contributed by atoms with Crippen LogP contribution >= 0.6 is 0 Å². The lowest BCUT2D eigenvalue weighted by Crippen LogP contribution is -2.25. The van der Waals surface area contributed by atoms with E-state index in [9.17, 15) is 20.1 Å². The van der Waals surface area contributed by atoms with Gasteiger partial charge in [-0.2, -0.15) is 0 Å². The average molecular weight is 399 g/mol. The fraction of sp³-hybridized carbons (Fsp3) is 0.773. The number of hydrogen-bond donors (Lipinski definition) is 4. The van der Waals surface area contributed by atoms with Gasteiger partial charge in [-0.25, -0.2) is 0 Å². The number of aliphatic hydroxyl groups excluding tert-OH is 3. The molecule has 5 atom stereocenters. The van der Waals surface area contributed by atoms with Gasteiger partial charge in [-0.1, -0.05) is 56.9 Å². The van der Waals surface area contributed by atoms with Crippen molar-refractivity contribution in [3.05, 3.63) is 24.3 Å². The largest absolute Gasteiger partial charge is 0.481 e. The van der Waals surface area contributed by atoms with Crippen LogP contribution < -0.4 is 0 Å². The fourth-order valence-corrected chi connectivity index (χ4v) is 3.30. The summed E-state index contributed by atoms with van der Waals surface area (Å²) >= 11 is 0. The van der Waals surface area contributed by atoms with E-state index < -0.39 is 36.5 Å². The minimum Gasteiger partial charge on any atom is -0.481 e. The van der Waals surface area contributed by atoms with Gasteiger partial charge in [0.05, 0.1) is 24.4 Å². The van der Waals surface area contributed by atoms with E-state index in [1.165, 1.54) is 0 Å². The number of rotatable bonds is 15. The van der Waals surface area contributed by atoms with Crippen molar-refractivity contribution in [1.29, 1.82) is 0 Å². The summed E-state index contributed by atoms with van der Waals surface area (Å²) in [5.41, 5.74) is 0. The second-order valence-corrected chi connectivity index (χ2v) is 7.66. The number of hydrogen-bond acceptors (Lipinski definition) is 5. The maximum Gasteiger partial charge on any atom is 0.303 e. The van der Waals surface area contributed by atoms with Crippen LogP contribution in [0.4, 0.5) is 0 Å². The Labute approximate surface area is 168 Å². The molecule has 162 valence electrons. The second kappa shape index (κ2) is 14.7. The Morgan fingerprint density at radius 3 is 2.64 bits per heavy atom. The van der Waals surface area contributed by atoms with Gasteiger partial charge in [0.15, 0.2) is 0 Å². The minimum atomic E-state index is -0.753. The van der Waals surface area contributed by atoms with Crippen molar-refractivity contribution < 1.29 is 30.0 Å². The molecule has 0 aromatic heterocycles. The highest BCUT2D eigenvalue weighted by Gasteiger charge is 2.35. The number of ether oxygens (including phenoxy) is 1. The molecule has 0 radical (unpaired) electrons. The molecule has 0 spiro atoms. The summed E-state index contributed by atoms with van der Waals surface area (Å²) < 4.78 is 5.76. The number of unbranched alkanes of at least 4 members (excludes halogenated alkanes) is 5. The maximum absolute atomic E-state index is 10.4. The summed E-state index contributed by atoms with van der Waals surface area (Å²) in [7, 11) is 0. The molecule has 1 rings (SSSR count). The molecule has 1 heterocycles. The van der Waals surface area contributed by atoms with E-state index in [1.54, 1.807) is 12.2 Å². The first-order chi connectivity index (χ1) is 13.4. The highest BCUT2D eigenvalue weighted by molar-refractivity contribution is 5.66. The van der Waals surface area contributed by atoms with E-state index in [1.807, 2.05) is 12.2 Å². The predicted molar refractivity (Wildman–Crippen MR) is 109 cm³/mol. The molecule has 1 aliphatic heterocycles. The van der Waals surface area contributed by atoms with E-state index >= 15 is 0 Å². The van der Waals surface area contributed by atoms with Crippen LogP contribution in [0, 0.1) is 0 Å². The van der Waals surface area contributed by atoms with Gasteiger partial charge >= 0.3 is 5.97 Å². The first kappa shape index (κ1) is 24.8. The maximum atomic E-state index is 10.4. The number of carbonyl (C=O) groups is 1. The molecule has 1 fully saturated rings. The summed E-state index contributed by atoms with van der Waals surface area (Å²) in [5.74, 6) is -0.753. The highest BCUT2D eigenvalue weighted by Crippen LogP contribution is 2.25. The summed E-state index contributed by atoms with van der Waals surface area (Å²) in [4.78, 5) is 10.4. The van der Waals surface area contributed by atoms with Crippen LogP contribution in [-0.2, 0) is 9.53 Å². The third-order valence-corrected chi connectivity index (χ3v) is 5.05. The van der Waals surface area contributed by atoms with Gasteiger partial charge < -0.3 is 25.2 Å². The molecule has 1 unspecified atom stereocenters. The highest BCUT2D eigenvalue weighted by atomic mass is 16.5. The first-order valence-electron chi connectivity index (χ1n) is 10.7. The summed E-state index contributed by atoms with van der Waals surface area (Å²) in [6.07, 6.45) is 12.9. The number of carboxylic acid groups (broad SMARTS) is 1. The smallest absolute Gasteiger partial charge is 0.303 e. The molecular formula is C22H38O6. The minimum absolute atomic E-state index is 0.217. The zero-order chi connectivity index (χ0) is 20.8. The lowest BCUT2D eigenvalue weighted by Gasteiger charge is -2.16. The number of carboxylic acids is 1. The Morgan fingerprint density at radius 2 is 1.93 bits per heavy atom. The number of aliphatic carboxylic acids is 1. The van der Waals surface area contributed by atoms with Gasteiger partial charge in [0.1, 0.15) is 6.10 Å². The van der Waals surface area contributed by atoms with E-state index in [2.05, 4.69) is 6.92 Å². The Kier molecular flexibility index (Phi) is 13.1. The predicted octanol–water partition coefficient (Wildman–Crippen LogP) is 3.34. The zero-order valence-electron chi connectivity index (χ0n) is 17.1. The number of allylic oxidation sites excluding steroid dienone is 1. The van der Waals surface area contributed by atoms with Gasteiger partial charge in [-0.3, -0.25) is 4.79 Å². The van der Waals surface area contributed by atoms with Gasteiger partial charge in [0.2, 0.25) is 0 Å². The van der Waals surface area contributed by atoms with Crippen LogP contribution in [0.2, 0.25) is 0 Å². The molecule has 6 heteroatoms. The standard InChI is InChI=1S/C22H38O6/c1-2-3-8-11-17(23)14-15-20-19(25)16-21(28-20)18(24)12-9-6-4-5-7-10-13-22(26)27/h6,9,14-15,17-21,23-25H,2-5,7-8,10-13,16H2,1H3,(H,26,27)/b9-6-,15-14+/t17?,18-,19+,20+,21+/m1/s1. The van der Waals surface area contributed by atoms with Gasteiger partial charge in [-0.15, -0.1) is 0 Å². The zero-order valence-corrected chi connectivity index (χ0v) is 17.1. The third kappa shape index (κ3) is 11.0. The molecule has 0 bridgehead atoms. The first-order valence-corrected chi connectivity index (χ1v) is 10.7. The summed E-state index contributed by atoms with van der Waals surface area (Å²) in [5, 5.41) is 38.9. The van der Waals surface area contributed by atoms with Crippen LogP contribution in [0.1, 0.15) is 77.6 Å².